The van der Waals surface area contributed by atoms with Crippen molar-refractivity contribution in [2.75, 3.05) is 12.5 Å². The Morgan fingerprint density at radius 2 is 1.79 bits per heavy atom. The van der Waals surface area contributed by atoms with Gasteiger partial charge in [-0.25, -0.2) is 0 Å². The van der Waals surface area contributed by atoms with Crippen LogP contribution in [0, 0.1) is 0 Å². The summed E-state index contributed by atoms with van der Waals surface area (Å²) < 4.78 is 5.92. The highest BCUT2D eigenvalue weighted by molar-refractivity contribution is 7.99. The minimum atomic E-state index is 0.0445. The maximum absolute atomic E-state index is 12.5. The Bertz CT molecular complexity index is 821. The fraction of sp³-hybridized carbons (Fsp3) is 0.133. The summed E-state index contributed by atoms with van der Waals surface area (Å²) in [4.78, 5) is 14.6. The molecule has 0 spiro atoms. The van der Waals surface area contributed by atoms with E-state index >= 15 is 0 Å². The van der Waals surface area contributed by atoms with Crippen molar-refractivity contribution in [3.05, 3.63) is 46.6 Å². The van der Waals surface area contributed by atoms with Crippen LogP contribution in [-0.4, -0.2) is 12.5 Å². The smallest absolute Gasteiger partial charge is 0.200 e. The van der Waals surface area contributed by atoms with E-state index in [0.29, 0.717) is 21.9 Å². The van der Waals surface area contributed by atoms with Gasteiger partial charge in [0.15, 0.2) is 5.58 Å². The summed E-state index contributed by atoms with van der Waals surface area (Å²) in [7, 11) is 0. The lowest BCUT2D eigenvalue weighted by Gasteiger charge is -2.07. The zero-order valence-electron chi connectivity index (χ0n) is 10.6. The summed E-state index contributed by atoms with van der Waals surface area (Å²) in [5, 5.41) is 1.30. The molecule has 3 rings (SSSR count). The molecule has 0 atom stereocenters. The average Bonchev–Trinajstić information content (AvgIpc) is 2.47. The van der Waals surface area contributed by atoms with Gasteiger partial charge >= 0.3 is 0 Å². The molecule has 96 valence electrons. The van der Waals surface area contributed by atoms with Gasteiger partial charge in [-0.2, -0.15) is 0 Å². The highest BCUT2D eigenvalue weighted by Crippen LogP contribution is 2.31. The topological polar surface area (TPSA) is 30.2 Å². The first-order chi connectivity index (χ1) is 9.24. The molecule has 0 saturated heterocycles. The van der Waals surface area contributed by atoms with E-state index in [0.717, 1.165) is 9.79 Å². The molecule has 3 aromatic rings. The number of rotatable bonds is 2. The van der Waals surface area contributed by atoms with Gasteiger partial charge in [-0.1, -0.05) is 12.1 Å². The van der Waals surface area contributed by atoms with Crippen LogP contribution in [-0.2, 0) is 0 Å². The van der Waals surface area contributed by atoms with E-state index < -0.39 is 0 Å². The Morgan fingerprint density at radius 1 is 1.00 bits per heavy atom. The van der Waals surface area contributed by atoms with Gasteiger partial charge in [-0.15, -0.1) is 23.5 Å². The molecule has 0 aliphatic rings. The van der Waals surface area contributed by atoms with Gasteiger partial charge < -0.3 is 4.42 Å². The maximum Gasteiger partial charge on any atom is 0.200 e. The van der Waals surface area contributed by atoms with Gasteiger partial charge in [-0.05, 0) is 36.8 Å². The molecule has 0 radical (unpaired) electrons. The van der Waals surface area contributed by atoms with Crippen molar-refractivity contribution in [3.8, 4) is 0 Å². The monoisotopic (exact) mass is 288 g/mol. The van der Waals surface area contributed by atoms with Crippen LogP contribution in [0.1, 0.15) is 0 Å². The van der Waals surface area contributed by atoms with Crippen molar-refractivity contribution in [2.45, 2.75) is 9.79 Å². The third kappa shape index (κ3) is 2.05. The Labute approximate surface area is 119 Å². The van der Waals surface area contributed by atoms with E-state index in [1.165, 1.54) is 0 Å². The van der Waals surface area contributed by atoms with Crippen molar-refractivity contribution in [2.24, 2.45) is 0 Å². The molecule has 1 aromatic heterocycles. The molecule has 0 amide bonds. The molecule has 0 fully saturated rings. The van der Waals surface area contributed by atoms with Gasteiger partial charge in [0.1, 0.15) is 5.58 Å². The van der Waals surface area contributed by atoms with E-state index in [1.807, 2.05) is 42.8 Å². The van der Waals surface area contributed by atoms with Crippen molar-refractivity contribution in [3.63, 3.8) is 0 Å². The molecular weight excluding hydrogens is 276 g/mol. The van der Waals surface area contributed by atoms with Crippen LogP contribution in [0.3, 0.4) is 0 Å². The number of para-hydroxylation sites is 1. The number of benzene rings is 2. The van der Waals surface area contributed by atoms with Crippen LogP contribution in [0.5, 0.6) is 0 Å². The summed E-state index contributed by atoms with van der Waals surface area (Å²) in [5.74, 6) is 0. The maximum atomic E-state index is 12.5. The summed E-state index contributed by atoms with van der Waals surface area (Å²) in [6.07, 6.45) is 4.00. The Balaban J connectivity index is 2.54. The predicted octanol–water partition coefficient (Wildman–Crippen LogP) is 4.39. The molecule has 0 bridgehead atoms. The lowest BCUT2D eigenvalue weighted by molar-refractivity contribution is 0.650. The Kier molecular flexibility index (Phi) is 3.29. The fourth-order valence-corrected chi connectivity index (χ4v) is 3.25. The molecule has 0 N–H and O–H groups in total. The van der Waals surface area contributed by atoms with Crippen LogP contribution >= 0.6 is 23.5 Å². The van der Waals surface area contributed by atoms with Gasteiger partial charge in [0.05, 0.1) is 15.7 Å². The normalized spacial score (nSPS) is 11.3. The zero-order valence-corrected chi connectivity index (χ0v) is 12.2. The van der Waals surface area contributed by atoms with Crippen molar-refractivity contribution >= 4 is 45.5 Å². The molecule has 2 aromatic carbocycles. The number of hydrogen-bond donors (Lipinski definition) is 0. The summed E-state index contributed by atoms with van der Waals surface area (Å²) >= 11 is 3.23. The summed E-state index contributed by atoms with van der Waals surface area (Å²) in [5.41, 5.74) is 1.38. The highest BCUT2D eigenvalue weighted by Gasteiger charge is 2.12. The van der Waals surface area contributed by atoms with Crippen LogP contribution < -0.4 is 5.43 Å². The SMILES string of the molecule is CSc1cc(SC)c2oc3ccccc3c(=O)c2c1. The Morgan fingerprint density at radius 3 is 2.53 bits per heavy atom. The van der Waals surface area contributed by atoms with E-state index in [1.54, 1.807) is 23.5 Å². The van der Waals surface area contributed by atoms with E-state index in [2.05, 4.69) is 6.07 Å². The van der Waals surface area contributed by atoms with E-state index in [-0.39, 0.29) is 5.43 Å². The van der Waals surface area contributed by atoms with E-state index in [9.17, 15) is 4.79 Å². The van der Waals surface area contributed by atoms with Gasteiger partial charge in [-0.3, -0.25) is 4.79 Å². The first-order valence-electron chi connectivity index (χ1n) is 5.82. The highest BCUT2D eigenvalue weighted by atomic mass is 32.2. The van der Waals surface area contributed by atoms with E-state index in [4.69, 9.17) is 4.42 Å². The van der Waals surface area contributed by atoms with Gasteiger partial charge in [0.2, 0.25) is 5.43 Å². The third-order valence-corrected chi connectivity index (χ3v) is 4.52. The minimum Gasteiger partial charge on any atom is -0.455 e. The molecule has 0 aliphatic carbocycles. The lowest BCUT2D eigenvalue weighted by atomic mass is 10.1. The van der Waals surface area contributed by atoms with Gasteiger partial charge in [0.25, 0.3) is 0 Å². The van der Waals surface area contributed by atoms with Crippen molar-refractivity contribution < 1.29 is 4.42 Å². The Hall–Kier alpha value is -1.39. The quantitative estimate of drug-likeness (QED) is 0.517. The van der Waals surface area contributed by atoms with Gasteiger partial charge in [0, 0.05) is 4.90 Å². The molecule has 0 aliphatic heterocycles. The first kappa shape index (κ1) is 12.6. The largest absolute Gasteiger partial charge is 0.455 e. The number of fused-ring (bicyclic) bond motifs is 2. The molecule has 19 heavy (non-hydrogen) atoms. The molecule has 1 heterocycles. The lowest BCUT2D eigenvalue weighted by Crippen LogP contribution is -2.02. The van der Waals surface area contributed by atoms with Crippen LogP contribution in [0.15, 0.2) is 55.4 Å². The number of hydrogen-bond acceptors (Lipinski definition) is 4. The third-order valence-electron chi connectivity index (χ3n) is 3.07. The summed E-state index contributed by atoms with van der Waals surface area (Å²) in [6.45, 7) is 0. The zero-order chi connectivity index (χ0) is 13.4. The second-order valence-electron chi connectivity index (χ2n) is 4.13. The van der Waals surface area contributed by atoms with Crippen LogP contribution in [0.25, 0.3) is 21.9 Å². The first-order valence-corrected chi connectivity index (χ1v) is 8.27. The molecule has 0 saturated carbocycles. The average molecular weight is 288 g/mol. The van der Waals surface area contributed by atoms with Crippen molar-refractivity contribution in [1.29, 1.82) is 0 Å². The molecule has 4 heteroatoms. The predicted molar refractivity (Wildman–Crippen MR) is 83.6 cm³/mol. The van der Waals surface area contributed by atoms with Crippen LogP contribution in [0.4, 0.5) is 0 Å². The molecule has 0 unspecified atom stereocenters. The second kappa shape index (κ2) is 4.94. The second-order valence-corrected chi connectivity index (χ2v) is 5.86. The molecule has 2 nitrogen and oxygen atoms in total. The standard InChI is InChI=1S/C15H12O2S2/c1-18-9-7-11-14(16)10-5-3-4-6-12(10)17-15(11)13(8-9)19-2/h3-8H,1-2H3. The minimum absolute atomic E-state index is 0.0445. The molecular formula is C15H12O2S2. The van der Waals surface area contributed by atoms with Crippen LogP contribution in [0.2, 0.25) is 0 Å². The summed E-state index contributed by atoms with van der Waals surface area (Å²) in [6, 6.07) is 11.4. The van der Waals surface area contributed by atoms with Crippen molar-refractivity contribution in [1.82, 2.24) is 0 Å². The fourth-order valence-electron chi connectivity index (χ4n) is 2.12. The number of thioether (sulfide) groups is 2.